The molecule has 0 aliphatic carbocycles. The molecule has 1 aliphatic heterocycles. The molecule has 0 unspecified atom stereocenters. The molecule has 4 heterocycles. The molecular formula is C27H29F5N8O. The number of hydrogen-bond donors (Lipinski definition) is 2. The Morgan fingerprint density at radius 1 is 1.20 bits per heavy atom. The lowest BCUT2D eigenvalue weighted by atomic mass is 9.95. The SMILES string of the molecule is CCc1cc(Nc2nccn3c(-c4cn(CC(F)F)nc4C(F)(F)F)cnc23)ccc1C(=O)N1CCC(CN)CC1. The minimum absolute atomic E-state index is 0.0203. The van der Waals surface area contributed by atoms with Gasteiger partial charge in [-0.2, -0.15) is 18.3 Å². The summed E-state index contributed by atoms with van der Waals surface area (Å²) in [7, 11) is 0. The Kier molecular flexibility index (Phi) is 7.93. The number of fused-ring (bicyclic) bond motifs is 1. The predicted molar refractivity (Wildman–Crippen MR) is 142 cm³/mol. The van der Waals surface area contributed by atoms with Gasteiger partial charge in [-0.1, -0.05) is 6.92 Å². The second-order valence-corrected chi connectivity index (χ2v) is 9.94. The number of anilines is 2. The number of likely N-dealkylation sites (tertiary alicyclic amines) is 1. The van der Waals surface area contributed by atoms with Crippen LogP contribution < -0.4 is 11.1 Å². The number of aryl methyl sites for hydroxylation is 1. The highest BCUT2D eigenvalue weighted by molar-refractivity contribution is 5.96. The van der Waals surface area contributed by atoms with Gasteiger partial charge in [0.2, 0.25) is 0 Å². The highest BCUT2D eigenvalue weighted by Gasteiger charge is 2.38. The number of alkyl halides is 5. The molecule has 1 saturated heterocycles. The van der Waals surface area contributed by atoms with Crippen LogP contribution in [0.3, 0.4) is 0 Å². The van der Waals surface area contributed by atoms with Crippen molar-refractivity contribution in [1.29, 1.82) is 0 Å². The number of imidazole rings is 1. The number of aromatic nitrogens is 5. The number of nitrogens with two attached hydrogens (primary N) is 1. The van der Waals surface area contributed by atoms with Crippen molar-refractivity contribution in [3.8, 4) is 11.3 Å². The van der Waals surface area contributed by atoms with Gasteiger partial charge in [-0.05, 0) is 55.5 Å². The number of nitrogens with zero attached hydrogens (tertiary/aromatic N) is 6. The molecule has 1 aromatic carbocycles. The van der Waals surface area contributed by atoms with Gasteiger partial charge >= 0.3 is 6.18 Å². The van der Waals surface area contributed by atoms with E-state index in [1.807, 2.05) is 17.9 Å². The average molecular weight is 577 g/mol. The molecule has 5 rings (SSSR count). The van der Waals surface area contributed by atoms with Crippen molar-refractivity contribution >= 4 is 23.1 Å². The molecule has 3 aromatic heterocycles. The number of carbonyl (C=O) groups is 1. The summed E-state index contributed by atoms with van der Waals surface area (Å²) < 4.78 is 68.8. The molecule has 0 radical (unpaired) electrons. The van der Waals surface area contributed by atoms with Crippen LogP contribution in [0.2, 0.25) is 0 Å². The third-order valence-corrected chi connectivity index (χ3v) is 7.27. The van der Waals surface area contributed by atoms with Crippen molar-refractivity contribution in [1.82, 2.24) is 29.0 Å². The summed E-state index contributed by atoms with van der Waals surface area (Å²) >= 11 is 0. The van der Waals surface area contributed by atoms with E-state index in [1.54, 1.807) is 12.1 Å². The molecule has 1 amide bonds. The van der Waals surface area contributed by atoms with Gasteiger partial charge in [0.25, 0.3) is 12.3 Å². The zero-order valence-electron chi connectivity index (χ0n) is 22.2. The summed E-state index contributed by atoms with van der Waals surface area (Å²) in [6.07, 6.45) is -0.403. The summed E-state index contributed by atoms with van der Waals surface area (Å²) in [5, 5.41) is 6.51. The van der Waals surface area contributed by atoms with Gasteiger partial charge in [0.15, 0.2) is 17.2 Å². The van der Waals surface area contributed by atoms with Crippen LogP contribution in [0.15, 0.2) is 43.0 Å². The topological polar surface area (TPSA) is 106 Å². The van der Waals surface area contributed by atoms with Crippen molar-refractivity contribution in [3.63, 3.8) is 0 Å². The molecule has 9 nitrogen and oxygen atoms in total. The fourth-order valence-corrected chi connectivity index (χ4v) is 5.11. The minimum atomic E-state index is -4.86. The summed E-state index contributed by atoms with van der Waals surface area (Å²) in [5.74, 6) is 0.663. The molecule has 1 fully saturated rings. The molecule has 3 N–H and O–H groups in total. The van der Waals surface area contributed by atoms with Crippen molar-refractivity contribution in [2.24, 2.45) is 11.7 Å². The molecule has 0 bridgehead atoms. The lowest BCUT2D eigenvalue weighted by Gasteiger charge is -2.32. The van der Waals surface area contributed by atoms with Crippen LogP contribution in [0.25, 0.3) is 16.9 Å². The smallest absolute Gasteiger partial charge is 0.339 e. The zero-order valence-corrected chi connectivity index (χ0v) is 22.2. The maximum Gasteiger partial charge on any atom is 0.435 e. The Labute approximate surface area is 232 Å². The van der Waals surface area contributed by atoms with Gasteiger partial charge in [0.05, 0.1) is 17.5 Å². The van der Waals surface area contributed by atoms with E-state index in [4.69, 9.17) is 5.73 Å². The highest BCUT2D eigenvalue weighted by Crippen LogP contribution is 2.37. The van der Waals surface area contributed by atoms with Crippen LogP contribution in [-0.2, 0) is 19.1 Å². The molecule has 4 aromatic rings. The zero-order chi connectivity index (χ0) is 29.3. The van der Waals surface area contributed by atoms with Crippen molar-refractivity contribution in [2.45, 2.75) is 45.3 Å². The van der Waals surface area contributed by atoms with E-state index in [1.165, 1.54) is 23.0 Å². The van der Waals surface area contributed by atoms with E-state index in [0.717, 1.165) is 24.6 Å². The lowest BCUT2D eigenvalue weighted by molar-refractivity contribution is -0.141. The van der Waals surface area contributed by atoms with Crippen LogP contribution in [0.4, 0.5) is 33.5 Å². The number of hydrogen-bond acceptors (Lipinski definition) is 6. The van der Waals surface area contributed by atoms with Gasteiger partial charge in [0.1, 0.15) is 6.54 Å². The molecule has 0 spiro atoms. The normalized spacial score (nSPS) is 14.8. The minimum Gasteiger partial charge on any atom is -0.339 e. The van der Waals surface area contributed by atoms with Crippen LogP contribution in [-0.4, -0.2) is 61.0 Å². The van der Waals surface area contributed by atoms with Crippen molar-refractivity contribution in [3.05, 3.63) is 59.8 Å². The molecular weight excluding hydrogens is 547 g/mol. The first-order valence-electron chi connectivity index (χ1n) is 13.2. The summed E-state index contributed by atoms with van der Waals surface area (Å²) in [6.45, 7) is 2.92. The van der Waals surface area contributed by atoms with Gasteiger partial charge < -0.3 is 16.0 Å². The highest BCUT2D eigenvalue weighted by atomic mass is 19.4. The first-order valence-corrected chi connectivity index (χ1v) is 13.2. The maximum absolute atomic E-state index is 13.7. The second-order valence-electron chi connectivity index (χ2n) is 9.94. The largest absolute Gasteiger partial charge is 0.435 e. The lowest BCUT2D eigenvalue weighted by Crippen LogP contribution is -2.40. The number of piperidine rings is 1. The number of amides is 1. The molecule has 14 heteroatoms. The maximum atomic E-state index is 13.7. The Morgan fingerprint density at radius 2 is 1.95 bits per heavy atom. The fraction of sp³-hybridized carbons (Fsp3) is 0.407. The third kappa shape index (κ3) is 5.87. The molecule has 1 aliphatic rings. The van der Waals surface area contributed by atoms with Gasteiger partial charge in [-0.25, -0.2) is 18.7 Å². The van der Waals surface area contributed by atoms with Crippen LogP contribution in [0.5, 0.6) is 0 Å². The Morgan fingerprint density at radius 3 is 2.61 bits per heavy atom. The van der Waals surface area contributed by atoms with E-state index >= 15 is 0 Å². The number of carbonyl (C=O) groups excluding carboxylic acids is 1. The summed E-state index contributed by atoms with van der Waals surface area (Å²) in [6, 6.07) is 5.33. The van der Waals surface area contributed by atoms with Gasteiger partial charge in [0, 0.05) is 42.9 Å². The second kappa shape index (κ2) is 11.4. The third-order valence-electron chi connectivity index (χ3n) is 7.27. The standard InChI is InChI=1S/C27H29F5N8O/c1-2-17-11-18(3-4-19(17)26(41)38-8-5-16(12-33)6-9-38)36-24-25-35-13-21(40(25)10-7-34-24)20-14-39(15-22(28)29)37-23(20)27(30,31)32/h3-4,7,10-11,13-14,16,22H,2,5-6,8-9,12,15,33H2,1H3,(H,34,36). The van der Waals surface area contributed by atoms with E-state index in [2.05, 4.69) is 20.4 Å². The summed E-state index contributed by atoms with van der Waals surface area (Å²) in [4.78, 5) is 23.7. The molecule has 0 saturated carbocycles. The number of benzene rings is 1. The van der Waals surface area contributed by atoms with E-state index in [-0.39, 0.29) is 28.6 Å². The van der Waals surface area contributed by atoms with E-state index < -0.39 is 24.8 Å². The quantitative estimate of drug-likeness (QED) is 0.286. The van der Waals surface area contributed by atoms with Crippen molar-refractivity contribution < 1.29 is 26.7 Å². The molecule has 0 atom stereocenters. The first-order chi connectivity index (χ1) is 19.6. The predicted octanol–water partition coefficient (Wildman–Crippen LogP) is 4.99. The Bertz CT molecular complexity index is 1540. The van der Waals surface area contributed by atoms with E-state index in [0.29, 0.717) is 47.9 Å². The molecule has 41 heavy (non-hydrogen) atoms. The monoisotopic (exact) mass is 576 g/mol. The Hall–Kier alpha value is -4.07. The molecule has 218 valence electrons. The number of nitrogens with one attached hydrogen (secondary N) is 1. The van der Waals surface area contributed by atoms with Crippen molar-refractivity contribution in [2.75, 3.05) is 25.0 Å². The van der Waals surface area contributed by atoms with Crippen LogP contribution in [0, 0.1) is 5.92 Å². The number of halogens is 5. The van der Waals surface area contributed by atoms with Crippen LogP contribution >= 0.6 is 0 Å². The van der Waals surface area contributed by atoms with Crippen LogP contribution in [0.1, 0.15) is 41.4 Å². The fourth-order valence-electron chi connectivity index (χ4n) is 5.11. The average Bonchev–Trinajstić information content (AvgIpc) is 3.57. The van der Waals surface area contributed by atoms with Gasteiger partial charge in [-0.15, -0.1) is 0 Å². The van der Waals surface area contributed by atoms with Gasteiger partial charge in [-0.3, -0.25) is 13.9 Å². The van der Waals surface area contributed by atoms with E-state index in [9.17, 15) is 26.7 Å². The first kappa shape index (κ1) is 28.5. The Balaban J connectivity index is 1.43. The number of rotatable bonds is 8. The summed E-state index contributed by atoms with van der Waals surface area (Å²) in [5.41, 5.74) is 6.41.